The molecule has 0 spiro atoms. The van der Waals surface area contributed by atoms with Crippen molar-refractivity contribution < 1.29 is 9.53 Å². The molecule has 0 saturated heterocycles. The Bertz CT molecular complexity index is 850. The molecule has 4 nitrogen and oxygen atoms in total. The van der Waals surface area contributed by atoms with Crippen LogP contribution >= 0.6 is 22.9 Å². The molecule has 2 heterocycles. The second-order valence-corrected chi connectivity index (χ2v) is 6.44. The summed E-state index contributed by atoms with van der Waals surface area (Å²) >= 11 is 7.60. The molecule has 0 fully saturated rings. The third-order valence-corrected chi connectivity index (χ3v) is 4.58. The van der Waals surface area contributed by atoms with Gasteiger partial charge in [-0.3, -0.25) is 9.78 Å². The third-order valence-electron chi connectivity index (χ3n) is 3.46. The number of methoxy groups -OCH3 is 1. The Labute approximate surface area is 149 Å². The van der Waals surface area contributed by atoms with E-state index in [1.165, 1.54) is 7.11 Å². The number of benzene rings is 1. The highest BCUT2D eigenvalue weighted by atomic mass is 35.5. The van der Waals surface area contributed by atoms with Gasteiger partial charge in [0.15, 0.2) is 0 Å². The van der Waals surface area contributed by atoms with Crippen LogP contribution in [0.1, 0.15) is 15.9 Å². The number of nitrogens with one attached hydrogen (secondary N) is 1. The van der Waals surface area contributed by atoms with Crippen LogP contribution in [-0.4, -0.2) is 18.0 Å². The number of hydrogen-bond donors (Lipinski definition) is 1. The van der Waals surface area contributed by atoms with Crippen LogP contribution in [0.5, 0.6) is 5.75 Å². The summed E-state index contributed by atoms with van der Waals surface area (Å²) in [7, 11) is 1.52. The number of carbonyl (C=O) groups excluding carboxylic acids is 1. The number of pyridine rings is 1. The molecule has 2 aromatic heterocycles. The normalized spacial score (nSPS) is 10.4. The van der Waals surface area contributed by atoms with Crippen LogP contribution in [0.4, 0.5) is 0 Å². The predicted molar refractivity (Wildman–Crippen MR) is 96.7 cm³/mol. The van der Waals surface area contributed by atoms with E-state index < -0.39 is 0 Å². The molecule has 0 bridgehead atoms. The van der Waals surface area contributed by atoms with E-state index in [1.807, 2.05) is 29.6 Å². The van der Waals surface area contributed by atoms with Crippen LogP contribution in [-0.2, 0) is 6.54 Å². The third kappa shape index (κ3) is 3.75. The monoisotopic (exact) mass is 358 g/mol. The molecule has 0 atom stereocenters. The Balaban J connectivity index is 1.73. The zero-order valence-corrected chi connectivity index (χ0v) is 14.5. The summed E-state index contributed by atoms with van der Waals surface area (Å²) in [5, 5.41) is 5.39. The fourth-order valence-electron chi connectivity index (χ4n) is 2.28. The SMILES string of the molecule is COc1ccc(Cl)cc1C(=O)NCc1ccnc(-c2cccs2)c1. The maximum absolute atomic E-state index is 12.4. The summed E-state index contributed by atoms with van der Waals surface area (Å²) in [5.41, 5.74) is 2.29. The standard InChI is InChI=1S/C18H15ClN2O2S/c1-23-16-5-4-13(19)10-14(16)18(22)21-11-12-6-7-20-15(9-12)17-3-2-8-24-17/h2-10H,11H2,1H3,(H,21,22). The lowest BCUT2D eigenvalue weighted by Gasteiger charge is -2.10. The van der Waals surface area contributed by atoms with Gasteiger partial charge in [-0.1, -0.05) is 17.7 Å². The molecular formula is C18H15ClN2O2S. The van der Waals surface area contributed by atoms with Gasteiger partial charge < -0.3 is 10.1 Å². The molecule has 3 rings (SSSR count). The minimum atomic E-state index is -0.233. The van der Waals surface area contributed by atoms with Gasteiger partial charge in [0.25, 0.3) is 5.91 Å². The number of thiophene rings is 1. The number of carbonyl (C=O) groups is 1. The summed E-state index contributed by atoms with van der Waals surface area (Å²) in [4.78, 5) is 17.9. The number of hydrogen-bond acceptors (Lipinski definition) is 4. The molecular weight excluding hydrogens is 344 g/mol. The highest BCUT2D eigenvalue weighted by molar-refractivity contribution is 7.13. The van der Waals surface area contributed by atoms with Crippen LogP contribution in [0.2, 0.25) is 5.02 Å². The molecule has 0 saturated carbocycles. The number of halogens is 1. The Hall–Kier alpha value is -2.37. The quantitative estimate of drug-likeness (QED) is 0.735. The average molecular weight is 359 g/mol. The van der Waals surface area contributed by atoms with E-state index >= 15 is 0 Å². The summed E-state index contributed by atoms with van der Waals surface area (Å²) in [6, 6.07) is 12.8. The first kappa shape index (κ1) is 16.5. The molecule has 0 aliphatic heterocycles. The van der Waals surface area contributed by atoms with E-state index in [0.717, 1.165) is 16.1 Å². The van der Waals surface area contributed by atoms with E-state index in [4.69, 9.17) is 16.3 Å². The van der Waals surface area contributed by atoms with Gasteiger partial charge in [-0.05, 0) is 47.3 Å². The van der Waals surface area contributed by atoms with Crippen molar-refractivity contribution in [2.45, 2.75) is 6.54 Å². The smallest absolute Gasteiger partial charge is 0.255 e. The minimum Gasteiger partial charge on any atom is -0.496 e. The second-order valence-electron chi connectivity index (χ2n) is 5.05. The van der Waals surface area contributed by atoms with E-state index in [0.29, 0.717) is 22.9 Å². The molecule has 6 heteroatoms. The molecule has 0 radical (unpaired) electrons. The number of nitrogens with zero attached hydrogens (tertiary/aromatic N) is 1. The summed E-state index contributed by atoms with van der Waals surface area (Å²) < 4.78 is 5.21. The second kappa shape index (κ2) is 7.47. The van der Waals surface area contributed by atoms with Crippen molar-refractivity contribution in [3.8, 4) is 16.3 Å². The largest absolute Gasteiger partial charge is 0.496 e. The minimum absolute atomic E-state index is 0.233. The predicted octanol–water partition coefficient (Wildman–Crippen LogP) is 4.40. The van der Waals surface area contributed by atoms with Gasteiger partial charge in [-0.15, -0.1) is 11.3 Å². The van der Waals surface area contributed by atoms with Crippen LogP contribution in [0.25, 0.3) is 10.6 Å². The zero-order valence-electron chi connectivity index (χ0n) is 13.0. The van der Waals surface area contributed by atoms with Gasteiger partial charge in [0.05, 0.1) is 23.2 Å². The Kier molecular flexibility index (Phi) is 5.13. The van der Waals surface area contributed by atoms with E-state index in [9.17, 15) is 4.79 Å². The van der Waals surface area contributed by atoms with Gasteiger partial charge in [-0.2, -0.15) is 0 Å². The lowest BCUT2D eigenvalue weighted by Crippen LogP contribution is -2.23. The summed E-state index contributed by atoms with van der Waals surface area (Å²) in [6.45, 7) is 0.398. The number of amides is 1. The highest BCUT2D eigenvalue weighted by Crippen LogP contribution is 2.24. The van der Waals surface area contributed by atoms with Crippen molar-refractivity contribution in [2.24, 2.45) is 0 Å². The Morgan fingerprint density at radius 2 is 2.17 bits per heavy atom. The van der Waals surface area contributed by atoms with Gasteiger partial charge in [0.2, 0.25) is 0 Å². The van der Waals surface area contributed by atoms with Crippen molar-refractivity contribution in [3.05, 3.63) is 70.2 Å². The number of rotatable bonds is 5. The van der Waals surface area contributed by atoms with Crippen molar-refractivity contribution >= 4 is 28.8 Å². The first-order chi connectivity index (χ1) is 11.7. The van der Waals surface area contributed by atoms with Crippen molar-refractivity contribution in [1.29, 1.82) is 0 Å². The van der Waals surface area contributed by atoms with E-state index in [2.05, 4.69) is 10.3 Å². The van der Waals surface area contributed by atoms with Crippen molar-refractivity contribution in [1.82, 2.24) is 10.3 Å². The molecule has 1 amide bonds. The van der Waals surface area contributed by atoms with Crippen molar-refractivity contribution in [3.63, 3.8) is 0 Å². The average Bonchev–Trinajstić information content (AvgIpc) is 3.14. The summed E-state index contributed by atoms with van der Waals surface area (Å²) in [5.74, 6) is 0.259. The van der Waals surface area contributed by atoms with Gasteiger partial charge in [0, 0.05) is 17.8 Å². The van der Waals surface area contributed by atoms with Gasteiger partial charge in [-0.25, -0.2) is 0 Å². The maximum atomic E-state index is 12.4. The Morgan fingerprint density at radius 1 is 1.29 bits per heavy atom. The Morgan fingerprint density at radius 3 is 2.92 bits per heavy atom. The summed E-state index contributed by atoms with van der Waals surface area (Å²) in [6.07, 6.45) is 1.75. The molecule has 0 aliphatic rings. The molecule has 122 valence electrons. The van der Waals surface area contributed by atoms with Crippen LogP contribution in [0.15, 0.2) is 54.0 Å². The highest BCUT2D eigenvalue weighted by Gasteiger charge is 2.13. The lowest BCUT2D eigenvalue weighted by molar-refractivity contribution is 0.0948. The fraction of sp³-hybridized carbons (Fsp3) is 0.111. The molecule has 0 unspecified atom stereocenters. The van der Waals surface area contributed by atoms with E-state index in [-0.39, 0.29) is 5.91 Å². The van der Waals surface area contributed by atoms with E-state index in [1.54, 1.807) is 35.7 Å². The first-order valence-corrected chi connectivity index (χ1v) is 8.53. The molecule has 0 aliphatic carbocycles. The lowest BCUT2D eigenvalue weighted by atomic mass is 10.1. The topological polar surface area (TPSA) is 51.2 Å². The zero-order chi connectivity index (χ0) is 16.9. The van der Waals surface area contributed by atoms with Crippen molar-refractivity contribution in [2.75, 3.05) is 7.11 Å². The molecule has 1 aromatic carbocycles. The first-order valence-electron chi connectivity index (χ1n) is 7.28. The van der Waals surface area contributed by atoms with Gasteiger partial charge >= 0.3 is 0 Å². The van der Waals surface area contributed by atoms with Crippen LogP contribution in [0, 0.1) is 0 Å². The number of ether oxygens (including phenoxy) is 1. The maximum Gasteiger partial charge on any atom is 0.255 e. The molecule has 3 aromatic rings. The molecule has 24 heavy (non-hydrogen) atoms. The number of aromatic nitrogens is 1. The van der Waals surface area contributed by atoms with Crippen LogP contribution < -0.4 is 10.1 Å². The molecule has 1 N–H and O–H groups in total. The fourth-order valence-corrected chi connectivity index (χ4v) is 3.14. The van der Waals surface area contributed by atoms with Crippen LogP contribution in [0.3, 0.4) is 0 Å². The van der Waals surface area contributed by atoms with Gasteiger partial charge in [0.1, 0.15) is 5.75 Å².